The SMILES string of the molecule is O=C(NCc1ccccc1)C(=Cc1ccccc1F)NC(=O)c1ccc([N+](=O)[O-])cc1. The van der Waals surface area contributed by atoms with E-state index in [0.29, 0.717) is 0 Å². The van der Waals surface area contributed by atoms with Gasteiger partial charge in [0.25, 0.3) is 17.5 Å². The van der Waals surface area contributed by atoms with Crippen molar-refractivity contribution in [3.05, 3.63) is 117 Å². The minimum Gasteiger partial charge on any atom is -0.347 e. The summed E-state index contributed by atoms with van der Waals surface area (Å²) in [5.74, 6) is -1.82. The maximum atomic E-state index is 14.1. The first-order chi connectivity index (χ1) is 14.9. The number of halogens is 1. The summed E-state index contributed by atoms with van der Waals surface area (Å²) in [6.07, 6.45) is 1.24. The van der Waals surface area contributed by atoms with Crippen molar-refractivity contribution < 1.29 is 18.9 Å². The van der Waals surface area contributed by atoms with Crippen molar-refractivity contribution >= 4 is 23.6 Å². The van der Waals surface area contributed by atoms with Crippen LogP contribution in [0.5, 0.6) is 0 Å². The molecule has 0 aliphatic carbocycles. The minimum absolute atomic E-state index is 0.112. The molecule has 3 rings (SSSR count). The Hall–Kier alpha value is -4.33. The van der Waals surface area contributed by atoms with E-state index in [1.807, 2.05) is 30.3 Å². The molecule has 0 bridgehead atoms. The number of hydrogen-bond acceptors (Lipinski definition) is 4. The number of nitro groups is 1. The zero-order valence-corrected chi connectivity index (χ0v) is 16.2. The molecule has 0 saturated heterocycles. The predicted molar refractivity (Wildman–Crippen MR) is 113 cm³/mol. The van der Waals surface area contributed by atoms with Crippen molar-refractivity contribution in [3.63, 3.8) is 0 Å². The number of nitro benzene ring substituents is 1. The third-order valence-electron chi connectivity index (χ3n) is 4.33. The third kappa shape index (κ3) is 5.83. The second-order valence-corrected chi connectivity index (χ2v) is 6.51. The standard InChI is InChI=1S/C23H18FN3O4/c24-20-9-5-4-8-18(20)14-21(23(29)25-15-16-6-2-1-3-7-16)26-22(28)17-10-12-19(13-11-17)27(30)31/h1-14H,15H2,(H,25,29)(H,26,28). The van der Waals surface area contributed by atoms with Crippen LogP contribution in [-0.2, 0) is 11.3 Å². The van der Waals surface area contributed by atoms with Crippen molar-refractivity contribution in [1.29, 1.82) is 0 Å². The Balaban J connectivity index is 1.82. The van der Waals surface area contributed by atoms with Gasteiger partial charge in [0, 0.05) is 29.8 Å². The number of hydrogen-bond donors (Lipinski definition) is 2. The first kappa shape index (κ1) is 21.4. The van der Waals surface area contributed by atoms with Crippen molar-refractivity contribution in [2.45, 2.75) is 6.54 Å². The zero-order valence-electron chi connectivity index (χ0n) is 16.2. The van der Waals surface area contributed by atoms with Gasteiger partial charge in [-0.2, -0.15) is 0 Å². The lowest BCUT2D eigenvalue weighted by Gasteiger charge is -2.12. The topological polar surface area (TPSA) is 101 Å². The largest absolute Gasteiger partial charge is 0.347 e. The second-order valence-electron chi connectivity index (χ2n) is 6.51. The Morgan fingerprint density at radius 1 is 0.935 bits per heavy atom. The monoisotopic (exact) mass is 419 g/mol. The fourth-order valence-electron chi connectivity index (χ4n) is 2.71. The van der Waals surface area contributed by atoms with E-state index in [1.54, 1.807) is 6.07 Å². The van der Waals surface area contributed by atoms with E-state index in [-0.39, 0.29) is 29.1 Å². The smallest absolute Gasteiger partial charge is 0.269 e. The molecule has 2 amide bonds. The van der Waals surface area contributed by atoms with E-state index in [0.717, 1.165) is 5.56 Å². The number of benzene rings is 3. The number of non-ortho nitro benzene ring substituents is 1. The second kappa shape index (κ2) is 9.93. The molecule has 0 fully saturated rings. The lowest BCUT2D eigenvalue weighted by atomic mass is 10.1. The fourth-order valence-corrected chi connectivity index (χ4v) is 2.71. The highest BCUT2D eigenvalue weighted by Gasteiger charge is 2.16. The molecule has 3 aromatic carbocycles. The lowest BCUT2D eigenvalue weighted by molar-refractivity contribution is -0.384. The van der Waals surface area contributed by atoms with Gasteiger partial charge in [0.2, 0.25) is 0 Å². The van der Waals surface area contributed by atoms with Gasteiger partial charge in [-0.1, -0.05) is 48.5 Å². The fraction of sp³-hybridized carbons (Fsp3) is 0.0435. The zero-order chi connectivity index (χ0) is 22.2. The van der Waals surface area contributed by atoms with Crippen molar-refractivity contribution in [2.24, 2.45) is 0 Å². The molecule has 156 valence electrons. The van der Waals surface area contributed by atoms with E-state index in [2.05, 4.69) is 10.6 Å². The van der Waals surface area contributed by atoms with Gasteiger partial charge in [-0.3, -0.25) is 19.7 Å². The van der Waals surface area contributed by atoms with Crippen LogP contribution in [0, 0.1) is 15.9 Å². The molecule has 0 atom stereocenters. The minimum atomic E-state index is -0.660. The Morgan fingerprint density at radius 2 is 1.58 bits per heavy atom. The van der Waals surface area contributed by atoms with Gasteiger partial charge in [-0.15, -0.1) is 0 Å². The molecule has 0 aliphatic rings. The van der Waals surface area contributed by atoms with Crippen LogP contribution in [0.3, 0.4) is 0 Å². The average Bonchev–Trinajstić information content (AvgIpc) is 2.79. The number of rotatable bonds is 7. The van der Waals surface area contributed by atoms with E-state index < -0.39 is 22.6 Å². The summed E-state index contributed by atoms with van der Waals surface area (Å²) >= 11 is 0. The summed E-state index contributed by atoms with van der Waals surface area (Å²) in [4.78, 5) is 35.5. The molecule has 31 heavy (non-hydrogen) atoms. The maximum Gasteiger partial charge on any atom is 0.269 e. The van der Waals surface area contributed by atoms with E-state index in [1.165, 1.54) is 48.5 Å². The normalized spacial score (nSPS) is 10.9. The average molecular weight is 419 g/mol. The summed E-state index contributed by atoms with van der Waals surface area (Å²) in [6, 6.07) is 19.9. The van der Waals surface area contributed by atoms with Gasteiger partial charge in [0.05, 0.1) is 4.92 Å². The van der Waals surface area contributed by atoms with Gasteiger partial charge in [-0.25, -0.2) is 4.39 Å². The molecule has 0 aromatic heterocycles. The van der Waals surface area contributed by atoms with Gasteiger partial charge >= 0.3 is 0 Å². The van der Waals surface area contributed by atoms with Gasteiger partial charge < -0.3 is 10.6 Å². The van der Waals surface area contributed by atoms with Crippen LogP contribution in [0.2, 0.25) is 0 Å². The van der Waals surface area contributed by atoms with Crippen LogP contribution in [0.15, 0.2) is 84.6 Å². The Bertz CT molecular complexity index is 1130. The molecule has 0 aliphatic heterocycles. The maximum absolute atomic E-state index is 14.1. The first-order valence-electron chi connectivity index (χ1n) is 9.28. The summed E-state index contributed by atoms with van der Waals surface area (Å²) in [5, 5.41) is 15.9. The molecule has 7 nitrogen and oxygen atoms in total. The van der Waals surface area contributed by atoms with Crippen LogP contribution >= 0.6 is 0 Å². The first-order valence-corrected chi connectivity index (χ1v) is 9.28. The highest BCUT2D eigenvalue weighted by Crippen LogP contribution is 2.14. The van der Waals surface area contributed by atoms with Crippen molar-refractivity contribution in [1.82, 2.24) is 10.6 Å². The number of carbonyl (C=O) groups is 2. The quantitative estimate of drug-likeness (QED) is 0.345. The van der Waals surface area contributed by atoms with Crippen LogP contribution in [-0.4, -0.2) is 16.7 Å². The Labute approximate surface area is 177 Å². The number of carbonyl (C=O) groups excluding carboxylic acids is 2. The molecule has 0 spiro atoms. The molecular weight excluding hydrogens is 401 g/mol. The van der Waals surface area contributed by atoms with Crippen LogP contribution in [0.1, 0.15) is 21.5 Å². The molecule has 3 aromatic rings. The van der Waals surface area contributed by atoms with E-state index in [4.69, 9.17) is 0 Å². The lowest BCUT2D eigenvalue weighted by Crippen LogP contribution is -2.34. The molecule has 2 N–H and O–H groups in total. The summed E-state index contributed by atoms with van der Waals surface area (Å²) < 4.78 is 14.1. The molecule has 0 unspecified atom stereocenters. The number of nitrogens with one attached hydrogen (secondary N) is 2. The molecule has 0 heterocycles. The van der Waals surface area contributed by atoms with Crippen molar-refractivity contribution in [2.75, 3.05) is 0 Å². The predicted octanol–water partition coefficient (Wildman–Crippen LogP) is 3.82. The van der Waals surface area contributed by atoms with Crippen LogP contribution in [0.4, 0.5) is 10.1 Å². The van der Waals surface area contributed by atoms with Gasteiger partial charge in [-0.05, 0) is 29.8 Å². The molecule has 8 heteroatoms. The highest BCUT2D eigenvalue weighted by atomic mass is 19.1. The molecule has 0 saturated carbocycles. The van der Waals surface area contributed by atoms with Gasteiger partial charge in [0.1, 0.15) is 11.5 Å². The van der Waals surface area contributed by atoms with Crippen LogP contribution in [0.25, 0.3) is 6.08 Å². The van der Waals surface area contributed by atoms with Crippen LogP contribution < -0.4 is 10.6 Å². The van der Waals surface area contributed by atoms with E-state index >= 15 is 0 Å². The van der Waals surface area contributed by atoms with Crippen molar-refractivity contribution in [3.8, 4) is 0 Å². The molecular formula is C23H18FN3O4. The Morgan fingerprint density at radius 3 is 2.23 bits per heavy atom. The number of nitrogens with zero attached hydrogens (tertiary/aromatic N) is 1. The summed E-state index contributed by atoms with van der Waals surface area (Å²) in [7, 11) is 0. The molecule has 0 radical (unpaired) electrons. The summed E-state index contributed by atoms with van der Waals surface area (Å²) in [6.45, 7) is 0.210. The Kier molecular flexibility index (Phi) is 6.85. The van der Waals surface area contributed by atoms with E-state index in [9.17, 15) is 24.1 Å². The number of amides is 2. The third-order valence-corrected chi connectivity index (χ3v) is 4.33. The summed E-state index contributed by atoms with van der Waals surface area (Å²) in [5.41, 5.74) is 0.753. The van der Waals surface area contributed by atoms with Gasteiger partial charge in [0.15, 0.2) is 0 Å². The highest BCUT2D eigenvalue weighted by molar-refractivity contribution is 6.05.